The second-order valence-electron chi connectivity index (χ2n) is 8.92. The molecular weight excluding hydrogens is 711 g/mol. The van der Waals surface area contributed by atoms with E-state index in [4.69, 9.17) is 37.7 Å². The van der Waals surface area contributed by atoms with Crippen LogP contribution in [-0.2, 0) is 17.9 Å². The molecule has 1 amide bonds. The van der Waals surface area contributed by atoms with Gasteiger partial charge in [-0.25, -0.2) is 4.99 Å². The molecule has 1 heterocycles. The fraction of sp³-hybridized carbons (Fsp3) is 0.0968. The van der Waals surface area contributed by atoms with Crippen LogP contribution in [0.1, 0.15) is 16.7 Å². The van der Waals surface area contributed by atoms with Crippen molar-refractivity contribution in [2.45, 2.75) is 13.2 Å². The lowest BCUT2D eigenvalue weighted by molar-refractivity contribution is -0.122. The number of amidine groups is 1. The Morgan fingerprint density at radius 1 is 0.951 bits per heavy atom. The van der Waals surface area contributed by atoms with Gasteiger partial charge in [-0.1, -0.05) is 59.6 Å². The molecule has 208 valence electrons. The van der Waals surface area contributed by atoms with E-state index < -0.39 is 0 Å². The van der Waals surface area contributed by atoms with Crippen LogP contribution < -0.4 is 9.47 Å². The van der Waals surface area contributed by atoms with E-state index >= 15 is 0 Å². The monoisotopic (exact) mass is 730 g/mol. The lowest BCUT2D eigenvalue weighted by Gasteiger charge is -2.16. The average Bonchev–Trinajstić information content (AvgIpc) is 3.23. The van der Waals surface area contributed by atoms with Crippen molar-refractivity contribution < 1.29 is 14.3 Å². The highest BCUT2D eigenvalue weighted by atomic mass is 79.9. The molecule has 0 aromatic heterocycles. The molecule has 4 aromatic rings. The summed E-state index contributed by atoms with van der Waals surface area (Å²) in [5.41, 5.74) is 3.38. The van der Waals surface area contributed by atoms with Gasteiger partial charge in [0, 0.05) is 15.6 Å². The molecule has 1 aliphatic rings. The number of hydrogen-bond acceptors (Lipinski definition) is 5. The van der Waals surface area contributed by atoms with Gasteiger partial charge in [0.1, 0.15) is 18.1 Å². The summed E-state index contributed by atoms with van der Waals surface area (Å²) in [6.45, 7) is 0.647. The maximum Gasteiger partial charge on any atom is 0.267 e. The highest BCUT2D eigenvalue weighted by Crippen LogP contribution is 2.39. The van der Waals surface area contributed by atoms with Crippen LogP contribution in [0.3, 0.4) is 0 Å². The summed E-state index contributed by atoms with van der Waals surface area (Å²) in [6.07, 6.45) is 1.86. The first-order valence-electron chi connectivity index (χ1n) is 12.3. The first kappa shape index (κ1) is 29.7. The molecule has 1 saturated heterocycles. The summed E-state index contributed by atoms with van der Waals surface area (Å²) < 4.78 is 12.8. The van der Waals surface area contributed by atoms with Gasteiger partial charge in [0.25, 0.3) is 5.91 Å². The summed E-state index contributed by atoms with van der Waals surface area (Å²) >= 11 is 20.9. The summed E-state index contributed by atoms with van der Waals surface area (Å²) in [4.78, 5) is 20.7. The van der Waals surface area contributed by atoms with E-state index in [1.165, 1.54) is 11.8 Å². The Morgan fingerprint density at radius 2 is 1.66 bits per heavy atom. The highest BCUT2D eigenvalue weighted by Gasteiger charge is 2.33. The van der Waals surface area contributed by atoms with Crippen LogP contribution in [0.4, 0.5) is 5.69 Å². The largest absolute Gasteiger partial charge is 0.497 e. The smallest absolute Gasteiger partial charge is 0.267 e. The van der Waals surface area contributed by atoms with Crippen LogP contribution in [0.25, 0.3) is 6.08 Å². The van der Waals surface area contributed by atoms with Crippen molar-refractivity contribution in [3.8, 4) is 11.5 Å². The van der Waals surface area contributed by atoms with Crippen LogP contribution in [0.5, 0.6) is 11.5 Å². The molecule has 41 heavy (non-hydrogen) atoms. The van der Waals surface area contributed by atoms with Gasteiger partial charge in [0.15, 0.2) is 5.17 Å². The molecule has 5 nitrogen and oxygen atoms in total. The molecule has 1 aliphatic heterocycles. The number of para-hydroxylation sites is 1. The van der Waals surface area contributed by atoms with E-state index in [1.54, 1.807) is 24.1 Å². The first-order valence-corrected chi connectivity index (χ1v) is 15.5. The minimum atomic E-state index is -0.120. The average molecular weight is 733 g/mol. The number of hydrogen-bond donors (Lipinski definition) is 0. The Hall–Kier alpha value is -2.75. The second-order valence-corrected chi connectivity index (χ2v) is 12.5. The number of thioether (sulfide) groups is 1. The minimum Gasteiger partial charge on any atom is -0.497 e. The van der Waals surface area contributed by atoms with Gasteiger partial charge in [0.2, 0.25) is 0 Å². The summed E-state index contributed by atoms with van der Waals surface area (Å²) in [5, 5.41) is 1.72. The van der Waals surface area contributed by atoms with Crippen molar-refractivity contribution in [1.29, 1.82) is 0 Å². The second kappa shape index (κ2) is 13.5. The quantitative estimate of drug-likeness (QED) is 0.169. The Morgan fingerprint density at radius 3 is 2.32 bits per heavy atom. The van der Waals surface area contributed by atoms with Crippen LogP contribution >= 0.6 is 66.8 Å². The van der Waals surface area contributed by atoms with E-state index in [-0.39, 0.29) is 12.5 Å². The van der Waals surface area contributed by atoms with Crippen molar-refractivity contribution in [2.75, 3.05) is 7.11 Å². The number of amides is 1. The third kappa shape index (κ3) is 7.37. The molecule has 0 bridgehead atoms. The lowest BCUT2D eigenvalue weighted by Crippen LogP contribution is -2.28. The summed E-state index contributed by atoms with van der Waals surface area (Å²) in [6, 6.07) is 26.4. The molecule has 5 rings (SSSR count). The zero-order chi connectivity index (χ0) is 28.9. The lowest BCUT2D eigenvalue weighted by atomic mass is 10.2. The van der Waals surface area contributed by atoms with E-state index in [9.17, 15) is 4.79 Å². The number of rotatable bonds is 8. The number of carbonyl (C=O) groups is 1. The molecule has 0 saturated carbocycles. The van der Waals surface area contributed by atoms with E-state index in [2.05, 4.69) is 31.9 Å². The van der Waals surface area contributed by atoms with E-state index in [0.717, 1.165) is 37.1 Å². The molecule has 0 spiro atoms. The number of carbonyl (C=O) groups excluding carboxylic acids is 1. The van der Waals surface area contributed by atoms with Gasteiger partial charge >= 0.3 is 0 Å². The van der Waals surface area contributed by atoms with Crippen molar-refractivity contribution in [3.63, 3.8) is 0 Å². The minimum absolute atomic E-state index is 0.120. The maximum atomic E-state index is 13.7. The zero-order valence-corrected chi connectivity index (χ0v) is 27.1. The first-order chi connectivity index (χ1) is 19.8. The van der Waals surface area contributed by atoms with Crippen LogP contribution in [0.15, 0.2) is 104 Å². The van der Waals surface area contributed by atoms with Crippen molar-refractivity contribution in [3.05, 3.63) is 126 Å². The molecule has 10 heteroatoms. The standard InChI is InChI=1S/C31H22Br2Cl2N2O3S/c1-39-24-11-7-19(8-12-24)17-37-30(38)28(41-31(37)36-23-5-3-2-4-6-23)15-20-13-25(32)29(26(33)14-20)40-18-21-9-10-22(34)16-27(21)35/h2-16H,17-18H2,1H3/b28-15-,36-31?. The number of benzene rings is 4. The van der Waals surface area contributed by atoms with E-state index in [1.807, 2.05) is 78.9 Å². The zero-order valence-electron chi connectivity index (χ0n) is 21.6. The normalized spacial score (nSPS) is 15.1. The molecule has 0 atom stereocenters. The molecule has 0 radical (unpaired) electrons. The summed E-state index contributed by atoms with van der Waals surface area (Å²) in [5.74, 6) is 1.26. The number of aliphatic imine (C=N–C) groups is 1. The predicted molar refractivity (Wildman–Crippen MR) is 175 cm³/mol. The topological polar surface area (TPSA) is 51.1 Å². The third-order valence-electron chi connectivity index (χ3n) is 6.07. The number of methoxy groups -OCH3 is 1. The molecular formula is C31H22Br2Cl2N2O3S. The van der Waals surface area contributed by atoms with E-state index in [0.29, 0.717) is 32.4 Å². The van der Waals surface area contributed by atoms with Crippen LogP contribution in [-0.4, -0.2) is 23.1 Å². The fourth-order valence-electron chi connectivity index (χ4n) is 4.00. The Bertz CT molecular complexity index is 1620. The van der Waals surface area contributed by atoms with Gasteiger partial charge in [-0.15, -0.1) is 0 Å². The predicted octanol–water partition coefficient (Wildman–Crippen LogP) is 9.91. The number of ether oxygens (including phenoxy) is 2. The Kier molecular flexibility index (Phi) is 9.78. The number of nitrogens with zero attached hydrogens (tertiary/aromatic N) is 2. The molecule has 1 fully saturated rings. The molecule has 0 aliphatic carbocycles. The fourth-order valence-corrected chi connectivity index (χ4v) is 6.91. The van der Waals surface area contributed by atoms with Gasteiger partial charge in [-0.3, -0.25) is 9.69 Å². The molecule has 0 unspecified atom stereocenters. The Labute approximate surface area is 269 Å². The molecule has 4 aromatic carbocycles. The van der Waals surface area contributed by atoms with Gasteiger partial charge in [-0.05, 0) is 109 Å². The third-order valence-corrected chi connectivity index (χ3v) is 8.85. The SMILES string of the molecule is COc1ccc(CN2C(=O)/C(=C/c3cc(Br)c(OCc4ccc(Cl)cc4Cl)c(Br)c3)SC2=Nc2ccccc2)cc1. The van der Waals surface area contributed by atoms with Crippen molar-refractivity contribution >= 4 is 89.7 Å². The summed E-state index contributed by atoms with van der Waals surface area (Å²) in [7, 11) is 1.63. The highest BCUT2D eigenvalue weighted by molar-refractivity contribution is 9.11. The van der Waals surface area contributed by atoms with Crippen molar-refractivity contribution in [2.24, 2.45) is 4.99 Å². The van der Waals surface area contributed by atoms with Gasteiger partial charge < -0.3 is 9.47 Å². The maximum absolute atomic E-state index is 13.7. The van der Waals surface area contributed by atoms with Crippen LogP contribution in [0, 0.1) is 0 Å². The van der Waals surface area contributed by atoms with Crippen molar-refractivity contribution in [1.82, 2.24) is 4.90 Å². The van der Waals surface area contributed by atoms with Gasteiger partial charge in [0.05, 0.1) is 33.2 Å². The number of halogens is 4. The van der Waals surface area contributed by atoms with Gasteiger partial charge in [-0.2, -0.15) is 0 Å². The Balaban J connectivity index is 1.40. The van der Waals surface area contributed by atoms with Crippen LogP contribution in [0.2, 0.25) is 10.0 Å². The molecule has 0 N–H and O–H groups in total.